The summed E-state index contributed by atoms with van der Waals surface area (Å²) in [6.45, 7) is 8.03. The first-order valence-corrected chi connectivity index (χ1v) is 10.6. The van der Waals surface area contributed by atoms with Crippen LogP contribution in [0.3, 0.4) is 0 Å². The zero-order valence-corrected chi connectivity index (χ0v) is 18.6. The molecule has 0 radical (unpaired) electrons. The Morgan fingerprint density at radius 1 is 1.30 bits per heavy atom. The average molecular weight is 470 g/mol. The topological polar surface area (TPSA) is 76.7 Å². The average Bonchev–Trinajstić information content (AvgIpc) is 2.72. The Morgan fingerprint density at radius 2 is 2.10 bits per heavy atom. The molecule has 0 aliphatic heterocycles. The molecular weight excluding hydrogens is 446 g/mol. The highest BCUT2D eigenvalue weighted by molar-refractivity contribution is 9.10. The molecule has 0 amide bonds. The van der Waals surface area contributed by atoms with Crippen molar-refractivity contribution >= 4 is 33.0 Å². The lowest BCUT2D eigenvalue weighted by Crippen LogP contribution is -2.22. The van der Waals surface area contributed by atoms with Crippen LogP contribution in [0, 0.1) is 0 Å². The number of hydrogen-bond acceptors (Lipinski definition) is 5. The summed E-state index contributed by atoms with van der Waals surface area (Å²) >= 11 is 3.41. The number of phenolic OH excluding ortho intramolecular Hbond substituents is 1. The summed E-state index contributed by atoms with van der Waals surface area (Å²) in [5.41, 5.74) is 1.81. The highest BCUT2D eigenvalue weighted by Crippen LogP contribution is 2.32. The summed E-state index contributed by atoms with van der Waals surface area (Å²) < 4.78 is 7.69. The van der Waals surface area contributed by atoms with Crippen molar-refractivity contribution in [1.82, 2.24) is 9.66 Å². The van der Waals surface area contributed by atoms with Crippen LogP contribution >= 0.6 is 15.9 Å². The molecule has 0 aliphatic carbocycles. The van der Waals surface area contributed by atoms with Crippen molar-refractivity contribution in [2.45, 2.75) is 33.1 Å². The van der Waals surface area contributed by atoms with E-state index in [9.17, 15) is 9.90 Å². The van der Waals surface area contributed by atoms with Crippen molar-refractivity contribution in [1.29, 1.82) is 0 Å². The fourth-order valence-electron chi connectivity index (χ4n) is 3.16. The van der Waals surface area contributed by atoms with Gasteiger partial charge in [-0.15, -0.1) is 6.58 Å². The lowest BCUT2D eigenvalue weighted by molar-refractivity contribution is 0.317. The molecule has 3 rings (SSSR count). The maximum Gasteiger partial charge on any atom is 0.282 e. The molecule has 3 aromatic rings. The van der Waals surface area contributed by atoms with Gasteiger partial charge in [0.2, 0.25) is 0 Å². The van der Waals surface area contributed by atoms with Crippen LogP contribution in [0.2, 0.25) is 0 Å². The van der Waals surface area contributed by atoms with E-state index in [1.165, 1.54) is 4.68 Å². The van der Waals surface area contributed by atoms with Gasteiger partial charge in [0.25, 0.3) is 5.56 Å². The molecule has 1 heterocycles. The number of rotatable bonds is 8. The lowest BCUT2D eigenvalue weighted by atomic mass is 10.1. The van der Waals surface area contributed by atoms with Crippen LogP contribution in [0.15, 0.2) is 57.4 Å². The highest BCUT2D eigenvalue weighted by atomic mass is 79.9. The monoisotopic (exact) mass is 469 g/mol. The summed E-state index contributed by atoms with van der Waals surface area (Å²) in [6, 6.07) is 8.94. The van der Waals surface area contributed by atoms with Gasteiger partial charge < -0.3 is 9.84 Å². The number of halogens is 1. The van der Waals surface area contributed by atoms with Gasteiger partial charge in [-0.2, -0.15) is 9.78 Å². The minimum absolute atomic E-state index is 0.0926. The number of fused-ring (bicyclic) bond motifs is 1. The predicted molar refractivity (Wildman–Crippen MR) is 124 cm³/mol. The molecule has 0 unspecified atom stereocenters. The Balaban J connectivity index is 2.13. The fraction of sp³-hybridized carbons (Fsp3) is 0.261. The Labute approximate surface area is 183 Å². The molecule has 2 aromatic carbocycles. The van der Waals surface area contributed by atoms with Crippen LogP contribution in [0.4, 0.5) is 0 Å². The first-order valence-electron chi connectivity index (χ1n) is 9.83. The molecule has 6 nitrogen and oxygen atoms in total. The second-order valence-corrected chi connectivity index (χ2v) is 7.67. The zero-order valence-electron chi connectivity index (χ0n) is 17.1. The summed E-state index contributed by atoms with van der Waals surface area (Å²) in [6.07, 6.45) is 5.24. The first kappa shape index (κ1) is 21.8. The molecule has 30 heavy (non-hydrogen) atoms. The van der Waals surface area contributed by atoms with Gasteiger partial charge in [-0.1, -0.05) is 28.9 Å². The predicted octanol–water partition coefficient (Wildman–Crippen LogP) is 4.83. The van der Waals surface area contributed by atoms with E-state index >= 15 is 0 Å². The Bertz CT molecular complexity index is 1170. The van der Waals surface area contributed by atoms with E-state index in [1.807, 2.05) is 26.0 Å². The van der Waals surface area contributed by atoms with Crippen LogP contribution in [0.25, 0.3) is 10.9 Å². The maximum atomic E-state index is 13.1. The van der Waals surface area contributed by atoms with Crippen molar-refractivity contribution < 1.29 is 9.84 Å². The van der Waals surface area contributed by atoms with Crippen molar-refractivity contribution in [2.75, 3.05) is 6.61 Å². The lowest BCUT2D eigenvalue weighted by Gasteiger charge is -2.11. The summed E-state index contributed by atoms with van der Waals surface area (Å²) in [4.78, 5) is 17.7. The molecule has 0 aliphatic rings. The number of phenols is 1. The number of aromatic nitrogens is 2. The van der Waals surface area contributed by atoms with Crippen LogP contribution < -0.4 is 10.3 Å². The fourth-order valence-corrected chi connectivity index (χ4v) is 3.53. The van der Waals surface area contributed by atoms with Gasteiger partial charge in [-0.3, -0.25) is 4.79 Å². The van der Waals surface area contributed by atoms with E-state index in [0.29, 0.717) is 53.1 Å². The van der Waals surface area contributed by atoms with E-state index in [4.69, 9.17) is 4.74 Å². The van der Waals surface area contributed by atoms with Gasteiger partial charge in [0, 0.05) is 16.5 Å². The second-order valence-electron chi connectivity index (χ2n) is 6.75. The highest BCUT2D eigenvalue weighted by Gasteiger charge is 2.12. The number of nitrogens with zero attached hydrogens (tertiary/aromatic N) is 3. The SMILES string of the molecule is C=CCc1cc(C=Nn2c(CCC)nc3ccc(Br)cc3c2=O)cc(OCC)c1O. The van der Waals surface area contributed by atoms with Gasteiger partial charge in [-0.25, -0.2) is 4.98 Å². The molecule has 1 N–H and O–H groups in total. The van der Waals surface area contributed by atoms with Crippen molar-refractivity contribution in [2.24, 2.45) is 5.10 Å². The molecule has 0 bridgehead atoms. The third kappa shape index (κ3) is 4.62. The van der Waals surface area contributed by atoms with Crippen LogP contribution in [0.5, 0.6) is 11.5 Å². The standard InChI is InChI=1S/C23H24BrN3O3/c1-4-7-16-11-15(12-20(22(16)28)30-6-3)14-25-27-21(8-5-2)26-19-10-9-17(24)13-18(19)23(27)29/h4,9-14,28H,1,5-8H2,2-3H3. The van der Waals surface area contributed by atoms with Crippen LogP contribution in [-0.4, -0.2) is 27.6 Å². The van der Waals surface area contributed by atoms with E-state index in [2.05, 4.69) is 32.6 Å². The Morgan fingerprint density at radius 3 is 2.80 bits per heavy atom. The zero-order chi connectivity index (χ0) is 21.7. The first-order chi connectivity index (χ1) is 14.5. The van der Waals surface area contributed by atoms with E-state index in [0.717, 1.165) is 10.9 Å². The molecule has 156 valence electrons. The summed E-state index contributed by atoms with van der Waals surface area (Å²) in [5.74, 6) is 1.07. The van der Waals surface area contributed by atoms with Gasteiger partial charge in [0.1, 0.15) is 5.82 Å². The molecule has 0 saturated carbocycles. The summed E-state index contributed by atoms with van der Waals surface area (Å²) in [7, 11) is 0. The quantitative estimate of drug-likeness (QED) is 0.378. The second kappa shape index (κ2) is 9.71. The van der Waals surface area contributed by atoms with Gasteiger partial charge >= 0.3 is 0 Å². The molecule has 0 saturated heterocycles. The number of aryl methyl sites for hydroxylation is 1. The largest absolute Gasteiger partial charge is 0.504 e. The normalized spacial score (nSPS) is 11.3. The molecule has 0 fully saturated rings. The number of allylic oxidation sites excluding steroid dienone is 1. The minimum Gasteiger partial charge on any atom is -0.504 e. The minimum atomic E-state index is -0.226. The molecule has 7 heteroatoms. The third-order valence-electron chi connectivity index (χ3n) is 4.51. The van der Waals surface area contributed by atoms with E-state index in [-0.39, 0.29) is 11.3 Å². The molecule has 0 spiro atoms. The maximum absolute atomic E-state index is 13.1. The van der Waals surface area contributed by atoms with Crippen molar-refractivity contribution in [3.63, 3.8) is 0 Å². The molecule has 0 atom stereocenters. The summed E-state index contributed by atoms with van der Waals surface area (Å²) in [5, 5.41) is 15.3. The number of ether oxygens (including phenoxy) is 1. The number of benzene rings is 2. The van der Waals surface area contributed by atoms with Crippen LogP contribution in [-0.2, 0) is 12.8 Å². The Hall–Kier alpha value is -2.93. The Kier molecular flexibility index (Phi) is 7.05. The van der Waals surface area contributed by atoms with Gasteiger partial charge in [0.05, 0.1) is 23.7 Å². The molecular formula is C23H24BrN3O3. The van der Waals surface area contributed by atoms with Gasteiger partial charge in [0.15, 0.2) is 11.5 Å². The number of aromatic hydroxyl groups is 1. The third-order valence-corrected chi connectivity index (χ3v) is 5.00. The smallest absolute Gasteiger partial charge is 0.282 e. The van der Waals surface area contributed by atoms with E-state index < -0.39 is 0 Å². The van der Waals surface area contributed by atoms with Gasteiger partial charge in [-0.05, 0) is 55.7 Å². The van der Waals surface area contributed by atoms with Crippen molar-refractivity contribution in [3.05, 3.63) is 74.8 Å². The van der Waals surface area contributed by atoms with E-state index in [1.54, 1.807) is 30.5 Å². The molecule has 1 aromatic heterocycles. The van der Waals surface area contributed by atoms with Crippen LogP contribution in [0.1, 0.15) is 37.2 Å². The van der Waals surface area contributed by atoms with Crippen molar-refractivity contribution in [3.8, 4) is 11.5 Å². The number of hydrogen-bond donors (Lipinski definition) is 1.